The monoisotopic (exact) mass is 463 g/mol. The number of carboxylic acid groups (broad SMARTS) is 1. The molecular weight excluding hydrogens is 437 g/mol. The molecule has 0 spiro atoms. The number of rotatable bonds is 8. The van der Waals surface area contributed by atoms with Crippen LogP contribution >= 0.6 is 0 Å². The van der Waals surface area contributed by atoms with Gasteiger partial charge in [-0.2, -0.15) is 0 Å². The summed E-state index contributed by atoms with van der Waals surface area (Å²) in [6.45, 7) is 1.89. The molecule has 0 aliphatic heterocycles. The van der Waals surface area contributed by atoms with E-state index in [1.807, 2.05) is 19.1 Å². The van der Waals surface area contributed by atoms with Crippen LogP contribution < -0.4 is 10.1 Å². The largest absolute Gasteiger partial charge is 0.508 e. The number of halogens is 1. The molecule has 4 rings (SSSR count). The predicted octanol–water partition coefficient (Wildman–Crippen LogP) is 5.32. The van der Waals surface area contributed by atoms with Crippen LogP contribution in [-0.2, 0) is 35.3 Å². The molecule has 0 fully saturated rings. The van der Waals surface area contributed by atoms with E-state index in [1.165, 1.54) is 12.1 Å². The van der Waals surface area contributed by atoms with Gasteiger partial charge in [-0.05, 0) is 97.7 Å². The van der Waals surface area contributed by atoms with E-state index in [-0.39, 0.29) is 11.6 Å². The SMILES string of the molecule is Cc1cc(NC(=O)CC(=O)O)c2c(c1Oc1ccc(O)c(CCc3ccc(F)cc3)c1)CCC2. The second kappa shape index (κ2) is 9.95. The van der Waals surface area contributed by atoms with Crippen LogP contribution in [0.4, 0.5) is 10.1 Å². The van der Waals surface area contributed by atoms with Crippen molar-refractivity contribution < 1.29 is 28.9 Å². The number of benzene rings is 3. The number of phenolic OH excluding ortho intramolecular Hbond substituents is 1. The lowest BCUT2D eigenvalue weighted by Crippen LogP contribution is -2.17. The second-order valence-corrected chi connectivity index (χ2v) is 8.52. The second-order valence-electron chi connectivity index (χ2n) is 8.52. The summed E-state index contributed by atoms with van der Waals surface area (Å²) in [5.74, 6) is -0.525. The Morgan fingerprint density at radius 3 is 2.50 bits per heavy atom. The molecule has 0 heterocycles. The zero-order valence-corrected chi connectivity index (χ0v) is 18.9. The van der Waals surface area contributed by atoms with Crippen molar-refractivity contribution in [3.63, 3.8) is 0 Å². The lowest BCUT2D eigenvalue weighted by molar-refractivity contribution is -0.139. The minimum atomic E-state index is -1.17. The van der Waals surface area contributed by atoms with E-state index < -0.39 is 18.3 Å². The summed E-state index contributed by atoms with van der Waals surface area (Å²) in [5, 5.41) is 21.9. The van der Waals surface area contributed by atoms with Crippen LogP contribution in [-0.4, -0.2) is 22.1 Å². The molecule has 3 N–H and O–H groups in total. The van der Waals surface area contributed by atoms with Crippen LogP contribution in [0, 0.1) is 12.7 Å². The van der Waals surface area contributed by atoms with E-state index in [1.54, 1.807) is 24.3 Å². The van der Waals surface area contributed by atoms with Crippen molar-refractivity contribution in [2.45, 2.75) is 45.4 Å². The molecule has 1 aliphatic rings. The third kappa shape index (κ3) is 5.36. The summed E-state index contributed by atoms with van der Waals surface area (Å²) in [5.41, 5.74) is 5.14. The summed E-state index contributed by atoms with van der Waals surface area (Å²) in [4.78, 5) is 22.8. The number of carbonyl (C=O) groups is 2. The van der Waals surface area contributed by atoms with Gasteiger partial charge in [-0.15, -0.1) is 0 Å². The number of anilines is 1. The minimum absolute atomic E-state index is 0.174. The average molecular weight is 464 g/mol. The van der Waals surface area contributed by atoms with Crippen LogP contribution in [0.5, 0.6) is 17.2 Å². The van der Waals surface area contributed by atoms with Crippen molar-refractivity contribution in [1.82, 2.24) is 0 Å². The molecule has 0 aromatic heterocycles. The lowest BCUT2D eigenvalue weighted by atomic mass is 10.0. The Morgan fingerprint density at radius 1 is 1.03 bits per heavy atom. The lowest BCUT2D eigenvalue weighted by Gasteiger charge is -2.18. The highest BCUT2D eigenvalue weighted by Crippen LogP contribution is 2.41. The number of carbonyl (C=O) groups excluding carboxylic acids is 1. The molecule has 7 heteroatoms. The highest BCUT2D eigenvalue weighted by Gasteiger charge is 2.24. The molecule has 0 bridgehead atoms. The molecule has 0 saturated carbocycles. The van der Waals surface area contributed by atoms with E-state index in [2.05, 4.69) is 5.32 Å². The Labute approximate surface area is 197 Å². The first-order chi connectivity index (χ1) is 16.3. The molecule has 0 unspecified atom stereocenters. The smallest absolute Gasteiger partial charge is 0.312 e. The van der Waals surface area contributed by atoms with Crippen molar-refractivity contribution >= 4 is 17.6 Å². The molecular formula is C27H26FNO5. The van der Waals surface area contributed by atoms with Crippen LogP contribution in [0.2, 0.25) is 0 Å². The van der Waals surface area contributed by atoms with Gasteiger partial charge in [0.2, 0.25) is 5.91 Å². The van der Waals surface area contributed by atoms with E-state index in [0.717, 1.165) is 52.8 Å². The Bertz CT molecular complexity index is 1240. The number of hydrogen-bond donors (Lipinski definition) is 3. The summed E-state index contributed by atoms with van der Waals surface area (Å²) >= 11 is 0. The number of carboxylic acids is 1. The first-order valence-electron chi connectivity index (χ1n) is 11.2. The fraction of sp³-hybridized carbons (Fsp3) is 0.259. The summed E-state index contributed by atoms with van der Waals surface area (Å²) in [6, 6.07) is 13.2. The van der Waals surface area contributed by atoms with Gasteiger partial charge in [0.05, 0.1) is 0 Å². The van der Waals surface area contributed by atoms with Gasteiger partial charge in [-0.1, -0.05) is 12.1 Å². The van der Waals surface area contributed by atoms with Gasteiger partial charge < -0.3 is 20.3 Å². The van der Waals surface area contributed by atoms with Gasteiger partial charge in [0, 0.05) is 11.3 Å². The normalized spacial score (nSPS) is 12.3. The minimum Gasteiger partial charge on any atom is -0.508 e. The molecule has 176 valence electrons. The van der Waals surface area contributed by atoms with Crippen molar-refractivity contribution in [2.24, 2.45) is 0 Å². The number of aryl methyl sites for hydroxylation is 3. The van der Waals surface area contributed by atoms with E-state index in [9.17, 15) is 19.1 Å². The number of aromatic hydroxyl groups is 1. The Hall–Kier alpha value is -3.87. The summed E-state index contributed by atoms with van der Waals surface area (Å²) < 4.78 is 19.4. The van der Waals surface area contributed by atoms with Gasteiger partial charge in [0.15, 0.2) is 0 Å². The molecule has 6 nitrogen and oxygen atoms in total. The Morgan fingerprint density at radius 2 is 1.76 bits per heavy atom. The molecule has 0 atom stereocenters. The first kappa shape index (κ1) is 23.3. The first-order valence-corrected chi connectivity index (χ1v) is 11.2. The standard InChI is InChI=1S/C27H26FNO5/c1-16-13-23(29-25(31)15-26(32)33)21-3-2-4-22(21)27(16)34-20-11-12-24(30)18(14-20)8-5-17-6-9-19(28)10-7-17/h6-7,9-14,30H,2-5,8,15H2,1H3,(H,29,31)(H,32,33). The van der Waals surface area contributed by atoms with Gasteiger partial charge in [-0.3, -0.25) is 9.59 Å². The zero-order chi connectivity index (χ0) is 24.2. The topological polar surface area (TPSA) is 95.9 Å². The highest BCUT2D eigenvalue weighted by molar-refractivity contribution is 6.02. The fourth-order valence-electron chi connectivity index (χ4n) is 4.36. The van der Waals surface area contributed by atoms with Crippen molar-refractivity contribution in [1.29, 1.82) is 0 Å². The zero-order valence-electron chi connectivity index (χ0n) is 18.9. The number of amides is 1. The van der Waals surface area contributed by atoms with E-state index >= 15 is 0 Å². The molecule has 1 aliphatic carbocycles. The fourth-order valence-corrected chi connectivity index (χ4v) is 4.36. The summed E-state index contributed by atoms with van der Waals surface area (Å²) in [6.07, 6.45) is 3.11. The van der Waals surface area contributed by atoms with Gasteiger partial charge in [-0.25, -0.2) is 4.39 Å². The van der Waals surface area contributed by atoms with Gasteiger partial charge in [0.25, 0.3) is 0 Å². The maximum absolute atomic E-state index is 13.1. The summed E-state index contributed by atoms with van der Waals surface area (Å²) in [7, 11) is 0. The molecule has 0 radical (unpaired) electrons. The Kier molecular flexibility index (Phi) is 6.82. The molecule has 0 saturated heterocycles. The van der Waals surface area contributed by atoms with Crippen LogP contribution in [0.1, 0.15) is 40.7 Å². The number of phenols is 1. The number of hydrogen-bond acceptors (Lipinski definition) is 4. The van der Waals surface area contributed by atoms with Gasteiger partial charge in [0.1, 0.15) is 29.5 Å². The quantitative estimate of drug-likeness (QED) is 0.393. The number of ether oxygens (including phenoxy) is 1. The van der Waals surface area contributed by atoms with Crippen LogP contribution in [0.3, 0.4) is 0 Å². The molecule has 3 aromatic rings. The predicted molar refractivity (Wildman–Crippen MR) is 126 cm³/mol. The van der Waals surface area contributed by atoms with Crippen LogP contribution in [0.15, 0.2) is 48.5 Å². The van der Waals surface area contributed by atoms with E-state index in [4.69, 9.17) is 9.84 Å². The maximum Gasteiger partial charge on any atom is 0.312 e. The van der Waals surface area contributed by atoms with Crippen molar-refractivity contribution in [3.8, 4) is 17.2 Å². The molecule has 34 heavy (non-hydrogen) atoms. The third-order valence-corrected chi connectivity index (χ3v) is 5.99. The highest BCUT2D eigenvalue weighted by atomic mass is 19.1. The average Bonchev–Trinajstić information content (AvgIpc) is 3.27. The van der Waals surface area contributed by atoms with Gasteiger partial charge >= 0.3 is 5.97 Å². The molecule has 3 aromatic carbocycles. The van der Waals surface area contributed by atoms with Crippen LogP contribution in [0.25, 0.3) is 0 Å². The van der Waals surface area contributed by atoms with Crippen molar-refractivity contribution in [3.05, 3.63) is 82.2 Å². The number of aliphatic carboxylic acids is 1. The Balaban J connectivity index is 1.55. The molecule has 1 amide bonds. The third-order valence-electron chi connectivity index (χ3n) is 5.99. The van der Waals surface area contributed by atoms with Crippen molar-refractivity contribution in [2.75, 3.05) is 5.32 Å². The number of fused-ring (bicyclic) bond motifs is 1. The maximum atomic E-state index is 13.1. The number of nitrogens with one attached hydrogen (secondary N) is 1. The van der Waals surface area contributed by atoms with E-state index in [0.29, 0.717) is 24.3 Å².